The molecule has 1 unspecified atom stereocenters. The van der Waals surface area contributed by atoms with Crippen LogP contribution in [0.1, 0.15) is 42.6 Å². The number of aryl methyl sites for hydroxylation is 3. The molecule has 2 aromatic rings. The minimum Gasteiger partial charge on any atom is -0.368 e. The Balaban J connectivity index is 2.85. The summed E-state index contributed by atoms with van der Waals surface area (Å²) in [7, 11) is 0. The molecule has 108 valence electrons. The van der Waals surface area contributed by atoms with E-state index in [-0.39, 0.29) is 5.56 Å². The van der Waals surface area contributed by atoms with Gasteiger partial charge in [0, 0.05) is 11.3 Å². The van der Waals surface area contributed by atoms with Gasteiger partial charge in [0.05, 0.1) is 5.39 Å². The largest absolute Gasteiger partial charge is 0.368 e. The quantitative estimate of drug-likeness (QED) is 0.937. The van der Waals surface area contributed by atoms with Crippen molar-refractivity contribution in [1.82, 2.24) is 9.55 Å². The number of nitrogens with zero attached hydrogens (tertiary/aromatic N) is 2. The monoisotopic (exact) mass is 293 g/mol. The Morgan fingerprint density at radius 1 is 1.45 bits per heavy atom. The molecule has 20 heavy (non-hydrogen) atoms. The molecule has 0 saturated carbocycles. The highest BCUT2D eigenvalue weighted by molar-refractivity contribution is 7.18. The summed E-state index contributed by atoms with van der Waals surface area (Å²) in [6, 6.07) is -0.680. The van der Waals surface area contributed by atoms with Crippen LogP contribution < -0.4 is 11.3 Å². The van der Waals surface area contributed by atoms with Crippen LogP contribution >= 0.6 is 11.3 Å². The van der Waals surface area contributed by atoms with Crippen LogP contribution in [0.4, 0.5) is 0 Å². The topological polar surface area (TPSA) is 78.0 Å². The van der Waals surface area contributed by atoms with Gasteiger partial charge in [0.15, 0.2) is 0 Å². The Morgan fingerprint density at radius 3 is 2.65 bits per heavy atom. The molecule has 0 radical (unpaired) electrons. The van der Waals surface area contributed by atoms with E-state index in [1.165, 1.54) is 15.9 Å². The molecule has 1 amide bonds. The summed E-state index contributed by atoms with van der Waals surface area (Å²) >= 11 is 1.52. The van der Waals surface area contributed by atoms with Crippen LogP contribution in [0, 0.1) is 13.8 Å². The molecule has 0 bridgehead atoms. The molecule has 0 saturated heterocycles. The van der Waals surface area contributed by atoms with Gasteiger partial charge >= 0.3 is 0 Å². The van der Waals surface area contributed by atoms with Crippen molar-refractivity contribution in [3.63, 3.8) is 0 Å². The van der Waals surface area contributed by atoms with Crippen molar-refractivity contribution >= 4 is 27.5 Å². The minimum absolute atomic E-state index is 0.161. The van der Waals surface area contributed by atoms with Crippen LogP contribution in [0.25, 0.3) is 10.2 Å². The smallest absolute Gasteiger partial charge is 0.263 e. The second-order valence-electron chi connectivity index (χ2n) is 4.99. The first-order valence-electron chi connectivity index (χ1n) is 6.68. The van der Waals surface area contributed by atoms with E-state index in [9.17, 15) is 9.59 Å². The Bertz CT molecular complexity index is 730. The molecular formula is C14H19N3O2S. The van der Waals surface area contributed by atoms with E-state index < -0.39 is 11.9 Å². The van der Waals surface area contributed by atoms with Crippen LogP contribution in [0.3, 0.4) is 0 Å². The zero-order valence-electron chi connectivity index (χ0n) is 12.2. The number of aromatic nitrogens is 2. The van der Waals surface area contributed by atoms with Crippen molar-refractivity contribution in [3.05, 3.63) is 26.6 Å². The van der Waals surface area contributed by atoms with E-state index in [1.807, 2.05) is 20.8 Å². The fourth-order valence-electron chi connectivity index (χ4n) is 2.27. The standard InChI is InChI=1S/C14H19N3O2S/c1-5-6-10-16-13-11(7(2)9(4)20-13)14(19)17(10)8(3)12(15)18/h8H,5-6H2,1-4H3,(H2,15,18). The third kappa shape index (κ3) is 2.24. The van der Waals surface area contributed by atoms with E-state index in [1.54, 1.807) is 6.92 Å². The first-order chi connectivity index (χ1) is 9.38. The zero-order valence-corrected chi connectivity index (χ0v) is 13.0. The van der Waals surface area contributed by atoms with Gasteiger partial charge in [-0.2, -0.15) is 0 Å². The number of fused-ring (bicyclic) bond motifs is 1. The van der Waals surface area contributed by atoms with Gasteiger partial charge in [-0.05, 0) is 32.8 Å². The molecule has 1 atom stereocenters. The predicted octanol–water partition coefficient (Wildman–Crippen LogP) is 2.07. The SMILES string of the molecule is CCCc1nc2sc(C)c(C)c2c(=O)n1C(C)C(N)=O. The Labute approximate surface area is 121 Å². The molecular weight excluding hydrogens is 274 g/mol. The summed E-state index contributed by atoms with van der Waals surface area (Å²) in [5, 5.41) is 0.612. The van der Waals surface area contributed by atoms with E-state index in [2.05, 4.69) is 4.98 Å². The number of carbonyl (C=O) groups excluding carboxylic acids is 1. The normalized spacial score (nSPS) is 12.8. The fraction of sp³-hybridized carbons (Fsp3) is 0.500. The van der Waals surface area contributed by atoms with Crippen molar-refractivity contribution in [3.8, 4) is 0 Å². The second kappa shape index (κ2) is 5.36. The molecule has 0 aliphatic carbocycles. The lowest BCUT2D eigenvalue weighted by Gasteiger charge is -2.16. The molecule has 0 aliphatic rings. The highest BCUT2D eigenvalue weighted by atomic mass is 32.1. The Morgan fingerprint density at radius 2 is 2.10 bits per heavy atom. The fourth-order valence-corrected chi connectivity index (χ4v) is 3.31. The summed E-state index contributed by atoms with van der Waals surface area (Å²) in [4.78, 5) is 30.6. The predicted molar refractivity (Wildman–Crippen MR) is 81.3 cm³/mol. The molecule has 2 heterocycles. The third-order valence-electron chi connectivity index (χ3n) is 3.58. The lowest BCUT2D eigenvalue weighted by Crippen LogP contribution is -2.35. The van der Waals surface area contributed by atoms with Gasteiger partial charge in [0.2, 0.25) is 5.91 Å². The van der Waals surface area contributed by atoms with Crippen molar-refractivity contribution in [2.45, 2.75) is 46.6 Å². The van der Waals surface area contributed by atoms with Crippen LogP contribution in [0.5, 0.6) is 0 Å². The minimum atomic E-state index is -0.680. The van der Waals surface area contributed by atoms with E-state index in [0.29, 0.717) is 17.6 Å². The highest BCUT2D eigenvalue weighted by Crippen LogP contribution is 2.27. The molecule has 5 nitrogen and oxygen atoms in total. The van der Waals surface area contributed by atoms with Gasteiger partial charge in [0.25, 0.3) is 5.56 Å². The number of primary amides is 1. The number of amides is 1. The zero-order chi connectivity index (χ0) is 15.0. The van der Waals surface area contributed by atoms with Gasteiger partial charge in [-0.3, -0.25) is 14.2 Å². The summed E-state index contributed by atoms with van der Waals surface area (Å²) in [5.74, 6) is 0.118. The molecule has 0 aliphatic heterocycles. The Kier molecular flexibility index (Phi) is 3.94. The van der Waals surface area contributed by atoms with Crippen molar-refractivity contribution < 1.29 is 4.79 Å². The number of carbonyl (C=O) groups is 1. The Hall–Kier alpha value is -1.69. The van der Waals surface area contributed by atoms with Gasteiger partial charge in [-0.25, -0.2) is 4.98 Å². The van der Waals surface area contributed by atoms with Crippen LogP contribution in [0.15, 0.2) is 4.79 Å². The molecule has 6 heteroatoms. The third-order valence-corrected chi connectivity index (χ3v) is 4.68. The van der Waals surface area contributed by atoms with Gasteiger partial charge in [0.1, 0.15) is 16.7 Å². The number of thiophene rings is 1. The summed E-state index contributed by atoms with van der Waals surface area (Å²) < 4.78 is 1.45. The molecule has 2 aromatic heterocycles. The average molecular weight is 293 g/mol. The van der Waals surface area contributed by atoms with Crippen LogP contribution in [-0.2, 0) is 11.2 Å². The first kappa shape index (κ1) is 14.7. The maximum absolute atomic E-state index is 12.7. The molecule has 0 spiro atoms. The number of hydrogen-bond donors (Lipinski definition) is 1. The maximum Gasteiger partial charge on any atom is 0.263 e. The maximum atomic E-state index is 12.7. The number of rotatable bonds is 4. The summed E-state index contributed by atoms with van der Waals surface area (Å²) in [6.45, 7) is 7.55. The number of hydrogen-bond acceptors (Lipinski definition) is 4. The van der Waals surface area contributed by atoms with E-state index >= 15 is 0 Å². The number of nitrogens with two attached hydrogens (primary N) is 1. The van der Waals surface area contributed by atoms with Crippen molar-refractivity contribution in [1.29, 1.82) is 0 Å². The first-order valence-corrected chi connectivity index (χ1v) is 7.50. The molecule has 0 aromatic carbocycles. The average Bonchev–Trinajstić information content (AvgIpc) is 2.65. The summed E-state index contributed by atoms with van der Waals surface area (Å²) in [5.41, 5.74) is 6.15. The van der Waals surface area contributed by atoms with E-state index in [0.717, 1.165) is 21.7 Å². The van der Waals surface area contributed by atoms with Gasteiger partial charge in [-0.15, -0.1) is 11.3 Å². The molecule has 0 fully saturated rings. The van der Waals surface area contributed by atoms with Crippen LogP contribution in [-0.4, -0.2) is 15.5 Å². The van der Waals surface area contributed by atoms with Gasteiger partial charge < -0.3 is 5.73 Å². The van der Waals surface area contributed by atoms with Crippen LogP contribution in [0.2, 0.25) is 0 Å². The van der Waals surface area contributed by atoms with Crippen molar-refractivity contribution in [2.24, 2.45) is 5.73 Å². The lowest BCUT2D eigenvalue weighted by atomic mass is 10.2. The highest BCUT2D eigenvalue weighted by Gasteiger charge is 2.21. The lowest BCUT2D eigenvalue weighted by molar-refractivity contribution is -0.120. The van der Waals surface area contributed by atoms with E-state index in [4.69, 9.17) is 5.73 Å². The van der Waals surface area contributed by atoms with Crippen molar-refractivity contribution in [2.75, 3.05) is 0 Å². The van der Waals surface area contributed by atoms with Gasteiger partial charge in [-0.1, -0.05) is 6.92 Å². The summed E-state index contributed by atoms with van der Waals surface area (Å²) in [6.07, 6.45) is 1.51. The molecule has 2 N–H and O–H groups in total. The molecule has 2 rings (SSSR count). The second-order valence-corrected chi connectivity index (χ2v) is 6.20.